The van der Waals surface area contributed by atoms with Crippen molar-refractivity contribution in [3.05, 3.63) is 0 Å². The normalized spacial score (nSPS) is 10.7. The zero-order valence-corrected chi connectivity index (χ0v) is 8.07. The van der Waals surface area contributed by atoms with Gasteiger partial charge in [-0.05, 0) is 0 Å². The minimum atomic E-state index is -4.42. The minimum absolute atomic E-state index is 0.0727. The zero-order valence-electron chi connectivity index (χ0n) is 8.07. The number of nitrogens with one attached hydrogen (secondary N) is 3. The molecule has 0 aromatic rings. The summed E-state index contributed by atoms with van der Waals surface area (Å²) in [5, 5.41) is 6.14. The Bertz CT molecular complexity index is 230. The Morgan fingerprint density at radius 2 is 1.60 bits per heavy atom. The molecule has 3 amide bonds. The highest BCUT2D eigenvalue weighted by atomic mass is 19.4. The van der Waals surface area contributed by atoms with Gasteiger partial charge in [0.15, 0.2) is 0 Å². The standard InChI is InChI=1S/C7H12F3N3O2/c1-5(14)11-2-3-12-6(15)13-4-7(8,9)10/h2-4H2,1H3,(H,11,14)(H2,12,13,15). The van der Waals surface area contributed by atoms with Gasteiger partial charge in [0.1, 0.15) is 6.54 Å². The number of alkyl halides is 3. The highest BCUT2D eigenvalue weighted by Crippen LogP contribution is 2.11. The quantitative estimate of drug-likeness (QED) is 0.591. The van der Waals surface area contributed by atoms with Crippen molar-refractivity contribution >= 4 is 11.9 Å². The van der Waals surface area contributed by atoms with E-state index in [0.29, 0.717) is 0 Å². The van der Waals surface area contributed by atoms with E-state index < -0.39 is 18.8 Å². The molecule has 5 nitrogen and oxygen atoms in total. The van der Waals surface area contributed by atoms with Gasteiger partial charge in [-0.3, -0.25) is 4.79 Å². The molecule has 0 fully saturated rings. The second-order valence-electron chi connectivity index (χ2n) is 2.71. The lowest BCUT2D eigenvalue weighted by atomic mass is 10.5. The summed E-state index contributed by atoms with van der Waals surface area (Å²) >= 11 is 0. The van der Waals surface area contributed by atoms with Gasteiger partial charge in [-0.1, -0.05) is 0 Å². The monoisotopic (exact) mass is 227 g/mol. The molecule has 0 aliphatic rings. The lowest BCUT2D eigenvalue weighted by molar-refractivity contribution is -0.122. The van der Waals surface area contributed by atoms with E-state index in [1.165, 1.54) is 6.92 Å². The number of halogens is 3. The smallest absolute Gasteiger partial charge is 0.355 e. The van der Waals surface area contributed by atoms with Crippen LogP contribution in [0.2, 0.25) is 0 Å². The fraction of sp³-hybridized carbons (Fsp3) is 0.714. The van der Waals surface area contributed by atoms with Crippen molar-refractivity contribution in [2.24, 2.45) is 0 Å². The summed E-state index contributed by atoms with van der Waals surface area (Å²) in [6.45, 7) is 0.167. The largest absolute Gasteiger partial charge is 0.405 e. The van der Waals surface area contributed by atoms with E-state index in [1.54, 1.807) is 5.32 Å². The van der Waals surface area contributed by atoms with Crippen LogP contribution < -0.4 is 16.0 Å². The van der Waals surface area contributed by atoms with E-state index in [2.05, 4.69) is 10.6 Å². The SMILES string of the molecule is CC(=O)NCCNC(=O)NCC(F)(F)F. The zero-order chi connectivity index (χ0) is 11.9. The average Bonchev–Trinajstić information content (AvgIpc) is 2.07. The van der Waals surface area contributed by atoms with Crippen LogP contribution in [0.15, 0.2) is 0 Å². The first kappa shape index (κ1) is 13.5. The molecule has 3 N–H and O–H groups in total. The van der Waals surface area contributed by atoms with Crippen molar-refractivity contribution in [1.29, 1.82) is 0 Å². The van der Waals surface area contributed by atoms with Crippen LogP contribution in [0.1, 0.15) is 6.92 Å². The molecule has 0 aliphatic heterocycles. The Morgan fingerprint density at radius 3 is 2.07 bits per heavy atom. The third-order valence-corrected chi connectivity index (χ3v) is 1.23. The predicted octanol–water partition coefficient (Wildman–Crippen LogP) is -0.0160. The van der Waals surface area contributed by atoms with Crippen molar-refractivity contribution in [2.45, 2.75) is 13.1 Å². The second kappa shape index (κ2) is 6.10. The molecule has 0 aromatic heterocycles. The van der Waals surface area contributed by atoms with Crippen LogP contribution >= 0.6 is 0 Å². The topological polar surface area (TPSA) is 70.2 Å². The average molecular weight is 227 g/mol. The third-order valence-electron chi connectivity index (χ3n) is 1.23. The first-order valence-corrected chi connectivity index (χ1v) is 4.14. The fourth-order valence-corrected chi connectivity index (χ4v) is 0.658. The molecule has 0 saturated carbocycles. The summed E-state index contributed by atoms with van der Waals surface area (Å²) in [4.78, 5) is 21.1. The highest BCUT2D eigenvalue weighted by molar-refractivity contribution is 5.74. The number of carbonyl (C=O) groups excluding carboxylic acids is 2. The Labute approximate surface area is 84.4 Å². The second-order valence-corrected chi connectivity index (χ2v) is 2.71. The molecule has 0 unspecified atom stereocenters. The summed E-state index contributed by atoms with van der Waals surface area (Å²) in [7, 11) is 0. The summed E-state index contributed by atoms with van der Waals surface area (Å²) in [6.07, 6.45) is -4.42. The van der Waals surface area contributed by atoms with Crippen LogP contribution in [0.3, 0.4) is 0 Å². The van der Waals surface area contributed by atoms with Crippen molar-refractivity contribution in [3.63, 3.8) is 0 Å². The number of carbonyl (C=O) groups is 2. The van der Waals surface area contributed by atoms with Gasteiger partial charge in [-0.2, -0.15) is 13.2 Å². The fourth-order valence-electron chi connectivity index (χ4n) is 0.658. The lowest BCUT2D eigenvalue weighted by Gasteiger charge is -2.09. The lowest BCUT2D eigenvalue weighted by Crippen LogP contribution is -2.43. The van der Waals surface area contributed by atoms with Crippen LogP contribution in [-0.4, -0.2) is 37.7 Å². The van der Waals surface area contributed by atoms with E-state index in [9.17, 15) is 22.8 Å². The Morgan fingerprint density at radius 1 is 1.07 bits per heavy atom. The maximum atomic E-state index is 11.6. The number of rotatable bonds is 4. The number of hydrogen-bond donors (Lipinski definition) is 3. The van der Waals surface area contributed by atoms with Crippen LogP contribution in [0.4, 0.5) is 18.0 Å². The number of amides is 3. The van der Waals surface area contributed by atoms with E-state index in [-0.39, 0.29) is 19.0 Å². The molecule has 15 heavy (non-hydrogen) atoms. The van der Waals surface area contributed by atoms with E-state index in [4.69, 9.17) is 0 Å². The Balaban J connectivity index is 3.46. The van der Waals surface area contributed by atoms with Crippen molar-refractivity contribution < 1.29 is 22.8 Å². The van der Waals surface area contributed by atoms with Gasteiger partial charge in [0.05, 0.1) is 0 Å². The minimum Gasteiger partial charge on any atom is -0.355 e. The van der Waals surface area contributed by atoms with Crippen LogP contribution in [0.25, 0.3) is 0 Å². The first-order valence-electron chi connectivity index (χ1n) is 4.14. The maximum Gasteiger partial charge on any atom is 0.405 e. The summed E-state index contributed by atoms with van der Waals surface area (Å²) in [5.74, 6) is -0.271. The van der Waals surface area contributed by atoms with Gasteiger partial charge in [0.2, 0.25) is 5.91 Å². The van der Waals surface area contributed by atoms with Crippen molar-refractivity contribution in [1.82, 2.24) is 16.0 Å². The molecule has 0 saturated heterocycles. The molecule has 0 heterocycles. The Hall–Kier alpha value is -1.47. The summed E-state index contributed by atoms with van der Waals surface area (Å²) in [5.41, 5.74) is 0. The highest BCUT2D eigenvalue weighted by Gasteiger charge is 2.27. The molecule has 8 heteroatoms. The van der Waals surface area contributed by atoms with Crippen LogP contribution in [0.5, 0.6) is 0 Å². The van der Waals surface area contributed by atoms with Gasteiger partial charge >= 0.3 is 12.2 Å². The molecule has 88 valence electrons. The Kier molecular flexibility index (Phi) is 5.50. The molecule has 0 radical (unpaired) electrons. The van der Waals surface area contributed by atoms with Gasteiger partial charge in [0.25, 0.3) is 0 Å². The molecular formula is C7H12F3N3O2. The molecule has 0 spiro atoms. The van der Waals surface area contributed by atoms with E-state index >= 15 is 0 Å². The molecule has 0 aromatic carbocycles. The van der Waals surface area contributed by atoms with Gasteiger partial charge in [0, 0.05) is 20.0 Å². The number of hydrogen-bond acceptors (Lipinski definition) is 2. The van der Waals surface area contributed by atoms with E-state index in [0.717, 1.165) is 0 Å². The molecule has 0 atom stereocenters. The van der Waals surface area contributed by atoms with Crippen molar-refractivity contribution in [2.75, 3.05) is 19.6 Å². The molecule has 0 rings (SSSR count). The summed E-state index contributed by atoms with van der Waals surface area (Å²) < 4.78 is 34.8. The number of urea groups is 1. The van der Waals surface area contributed by atoms with Crippen LogP contribution in [0, 0.1) is 0 Å². The van der Waals surface area contributed by atoms with Crippen LogP contribution in [-0.2, 0) is 4.79 Å². The molecular weight excluding hydrogens is 215 g/mol. The molecule has 0 bridgehead atoms. The first-order chi connectivity index (χ1) is 6.81. The van der Waals surface area contributed by atoms with E-state index in [1.807, 2.05) is 0 Å². The predicted molar refractivity (Wildman–Crippen MR) is 46.1 cm³/mol. The van der Waals surface area contributed by atoms with Gasteiger partial charge in [-0.25, -0.2) is 4.79 Å². The van der Waals surface area contributed by atoms with Crippen molar-refractivity contribution in [3.8, 4) is 0 Å². The molecule has 0 aliphatic carbocycles. The van der Waals surface area contributed by atoms with Gasteiger partial charge in [-0.15, -0.1) is 0 Å². The maximum absolute atomic E-state index is 11.6. The summed E-state index contributed by atoms with van der Waals surface area (Å²) in [6, 6.07) is -0.919. The third kappa shape index (κ3) is 10.5. The van der Waals surface area contributed by atoms with Gasteiger partial charge < -0.3 is 16.0 Å².